The highest BCUT2D eigenvalue weighted by atomic mass is 32.1. The van der Waals surface area contributed by atoms with Gasteiger partial charge in [-0.2, -0.15) is 0 Å². The van der Waals surface area contributed by atoms with Crippen LogP contribution in [0, 0.1) is 19.7 Å². The fraction of sp³-hybridized carbons (Fsp3) is 0.261. The minimum absolute atomic E-state index is 0.135. The number of aromatic nitrogens is 1. The number of nitrogens with zero attached hydrogens (tertiary/aromatic N) is 1. The van der Waals surface area contributed by atoms with Crippen LogP contribution < -0.4 is 0 Å². The summed E-state index contributed by atoms with van der Waals surface area (Å²) in [7, 11) is 1.27. The summed E-state index contributed by atoms with van der Waals surface area (Å²) in [5.41, 5.74) is 2.27. The number of thiophene rings is 1. The fourth-order valence-electron chi connectivity index (χ4n) is 3.49. The summed E-state index contributed by atoms with van der Waals surface area (Å²) in [4.78, 5) is 43.5. The SMILES string of the molecule is COC(=O)c1[nH]c(C)c(C(=O)[C@H](C)N(Cc2ccc(F)cc2)C(=O)c2cccs2)c1C. The molecular weight excluding hydrogens is 419 g/mol. The molecule has 0 bridgehead atoms. The van der Waals surface area contributed by atoms with Crippen LogP contribution in [0.5, 0.6) is 0 Å². The van der Waals surface area contributed by atoms with Crippen LogP contribution in [0.2, 0.25) is 0 Å². The van der Waals surface area contributed by atoms with Crippen molar-refractivity contribution < 1.29 is 23.5 Å². The van der Waals surface area contributed by atoms with Gasteiger partial charge < -0.3 is 14.6 Å². The molecule has 0 saturated heterocycles. The molecule has 8 heteroatoms. The van der Waals surface area contributed by atoms with Crippen molar-refractivity contribution in [3.8, 4) is 0 Å². The topological polar surface area (TPSA) is 79.5 Å². The monoisotopic (exact) mass is 442 g/mol. The lowest BCUT2D eigenvalue weighted by Crippen LogP contribution is -2.42. The van der Waals surface area contributed by atoms with Crippen molar-refractivity contribution in [1.82, 2.24) is 9.88 Å². The van der Waals surface area contributed by atoms with Gasteiger partial charge in [-0.25, -0.2) is 9.18 Å². The van der Waals surface area contributed by atoms with E-state index in [-0.39, 0.29) is 29.7 Å². The van der Waals surface area contributed by atoms with E-state index >= 15 is 0 Å². The summed E-state index contributed by atoms with van der Waals surface area (Å²) in [5.74, 6) is -1.53. The molecule has 3 rings (SSSR count). The van der Waals surface area contributed by atoms with E-state index in [9.17, 15) is 18.8 Å². The molecule has 0 spiro atoms. The highest BCUT2D eigenvalue weighted by Gasteiger charge is 2.32. The van der Waals surface area contributed by atoms with Crippen LogP contribution in [0.3, 0.4) is 0 Å². The number of H-pyrrole nitrogens is 1. The lowest BCUT2D eigenvalue weighted by atomic mass is 9.99. The number of carbonyl (C=O) groups is 3. The Morgan fingerprint density at radius 3 is 2.42 bits per heavy atom. The number of aromatic amines is 1. The van der Waals surface area contributed by atoms with E-state index in [4.69, 9.17) is 4.74 Å². The van der Waals surface area contributed by atoms with Crippen LogP contribution in [0.4, 0.5) is 4.39 Å². The normalized spacial score (nSPS) is 11.8. The minimum atomic E-state index is -0.821. The Hall–Kier alpha value is -3.26. The largest absolute Gasteiger partial charge is 0.464 e. The van der Waals surface area contributed by atoms with E-state index < -0.39 is 12.0 Å². The first-order valence-electron chi connectivity index (χ1n) is 9.65. The lowest BCUT2D eigenvalue weighted by molar-refractivity contribution is 0.0592. The van der Waals surface area contributed by atoms with Gasteiger partial charge in [-0.3, -0.25) is 9.59 Å². The van der Waals surface area contributed by atoms with E-state index in [1.54, 1.807) is 50.4 Å². The molecule has 31 heavy (non-hydrogen) atoms. The number of benzene rings is 1. The van der Waals surface area contributed by atoms with Crippen LogP contribution in [-0.2, 0) is 11.3 Å². The van der Waals surface area contributed by atoms with Gasteiger partial charge in [-0.1, -0.05) is 18.2 Å². The zero-order valence-corrected chi connectivity index (χ0v) is 18.5. The maximum Gasteiger partial charge on any atom is 0.354 e. The second kappa shape index (κ2) is 9.26. The van der Waals surface area contributed by atoms with Gasteiger partial charge in [-0.05, 0) is 55.5 Å². The number of rotatable bonds is 7. The molecule has 0 aliphatic heterocycles. The Morgan fingerprint density at radius 1 is 1.16 bits per heavy atom. The average Bonchev–Trinajstić information content (AvgIpc) is 3.39. The number of amides is 1. The molecular formula is C23H23FN2O4S. The Balaban J connectivity index is 1.97. The quantitative estimate of drug-likeness (QED) is 0.431. The van der Waals surface area contributed by atoms with Crippen molar-refractivity contribution in [1.29, 1.82) is 0 Å². The predicted molar refractivity (Wildman–Crippen MR) is 116 cm³/mol. The van der Waals surface area contributed by atoms with E-state index in [2.05, 4.69) is 4.98 Å². The van der Waals surface area contributed by atoms with Gasteiger partial charge in [0.2, 0.25) is 0 Å². The van der Waals surface area contributed by atoms with Crippen LogP contribution in [0.25, 0.3) is 0 Å². The third-order valence-corrected chi connectivity index (χ3v) is 6.04. The maximum absolute atomic E-state index is 13.4. The van der Waals surface area contributed by atoms with Crippen LogP contribution in [0.15, 0.2) is 41.8 Å². The zero-order valence-electron chi connectivity index (χ0n) is 17.7. The van der Waals surface area contributed by atoms with E-state index in [1.165, 1.54) is 35.5 Å². The van der Waals surface area contributed by atoms with Crippen LogP contribution in [-0.4, -0.2) is 40.7 Å². The Kier molecular flexibility index (Phi) is 6.70. The summed E-state index contributed by atoms with van der Waals surface area (Å²) in [6.07, 6.45) is 0. The molecule has 0 aliphatic rings. The number of ether oxygens (including phenoxy) is 1. The van der Waals surface area contributed by atoms with Crippen LogP contribution >= 0.6 is 11.3 Å². The third kappa shape index (κ3) is 4.59. The second-order valence-electron chi connectivity index (χ2n) is 7.19. The molecule has 1 atom stereocenters. The molecule has 0 saturated carbocycles. The molecule has 0 fully saturated rings. The number of aryl methyl sites for hydroxylation is 1. The first kappa shape index (κ1) is 22.4. The molecule has 0 aliphatic carbocycles. The number of methoxy groups -OCH3 is 1. The molecule has 0 unspecified atom stereocenters. The molecule has 3 aromatic rings. The van der Waals surface area contributed by atoms with Gasteiger partial charge in [0, 0.05) is 17.8 Å². The Bertz CT molecular complexity index is 1100. The fourth-order valence-corrected chi connectivity index (χ4v) is 4.17. The van der Waals surface area contributed by atoms with Crippen molar-refractivity contribution in [3.05, 3.63) is 80.6 Å². The van der Waals surface area contributed by atoms with Crippen molar-refractivity contribution in [2.75, 3.05) is 7.11 Å². The lowest BCUT2D eigenvalue weighted by Gasteiger charge is -2.28. The number of halogens is 1. The van der Waals surface area contributed by atoms with Gasteiger partial charge in [-0.15, -0.1) is 11.3 Å². The van der Waals surface area contributed by atoms with Crippen molar-refractivity contribution >= 4 is 29.0 Å². The highest BCUT2D eigenvalue weighted by Crippen LogP contribution is 2.24. The summed E-state index contributed by atoms with van der Waals surface area (Å²) in [6.45, 7) is 5.16. The van der Waals surface area contributed by atoms with Gasteiger partial charge in [0.15, 0.2) is 5.78 Å². The molecule has 6 nitrogen and oxygen atoms in total. The Morgan fingerprint density at radius 2 is 1.84 bits per heavy atom. The van der Waals surface area contributed by atoms with E-state index in [1.807, 2.05) is 0 Å². The van der Waals surface area contributed by atoms with Gasteiger partial charge in [0.05, 0.1) is 18.0 Å². The number of nitrogens with one attached hydrogen (secondary N) is 1. The maximum atomic E-state index is 13.4. The summed E-state index contributed by atoms with van der Waals surface area (Å²) in [5, 5.41) is 1.79. The first-order chi connectivity index (χ1) is 14.7. The highest BCUT2D eigenvalue weighted by molar-refractivity contribution is 7.12. The number of carbonyl (C=O) groups excluding carboxylic acids is 3. The van der Waals surface area contributed by atoms with Gasteiger partial charge in [0.1, 0.15) is 11.5 Å². The smallest absolute Gasteiger partial charge is 0.354 e. The third-order valence-electron chi connectivity index (χ3n) is 5.18. The van der Waals surface area contributed by atoms with Crippen LogP contribution in [0.1, 0.15) is 54.3 Å². The van der Waals surface area contributed by atoms with Gasteiger partial charge in [0.25, 0.3) is 5.91 Å². The molecule has 0 radical (unpaired) electrons. The number of hydrogen-bond donors (Lipinski definition) is 1. The number of hydrogen-bond acceptors (Lipinski definition) is 5. The average molecular weight is 443 g/mol. The number of Topliss-reactive ketones (excluding diaryl/α,β-unsaturated/α-hetero) is 1. The molecule has 2 aromatic heterocycles. The Labute approximate surface area is 183 Å². The summed E-state index contributed by atoms with van der Waals surface area (Å²) in [6, 6.07) is 8.45. The minimum Gasteiger partial charge on any atom is -0.464 e. The summed E-state index contributed by atoms with van der Waals surface area (Å²) >= 11 is 1.28. The second-order valence-corrected chi connectivity index (χ2v) is 8.14. The molecule has 1 aromatic carbocycles. The van der Waals surface area contributed by atoms with E-state index in [0.29, 0.717) is 27.3 Å². The van der Waals surface area contributed by atoms with Gasteiger partial charge >= 0.3 is 5.97 Å². The molecule has 2 heterocycles. The first-order valence-corrected chi connectivity index (χ1v) is 10.5. The molecule has 1 amide bonds. The zero-order chi connectivity index (χ0) is 22.7. The molecule has 1 N–H and O–H groups in total. The standard InChI is InChI=1S/C23H23FN2O4S/c1-13-19(14(2)25-20(13)23(29)30-4)21(27)15(3)26(22(28)18-6-5-11-31-18)12-16-7-9-17(24)10-8-16/h5-11,15,25H,12H2,1-4H3/t15-/m0/s1. The summed E-state index contributed by atoms with van der Waals surface area (Å²) < 4.78 is 18.1. The number of ketones is 1. The predicted octanol–water partition coefficient (Wildman–Crippen LogP) is 4.53. The number of esters is 1. The molecule has 162 valence electrons. The van der Waals surface area contributed by atoms with E-state index in [0.717, 1.165) is 0 Å². The van der Waals surface area contributed by atoms with Crippen molar-refractivity contribution in [2.24, 2.45) is 0 Å². The van der Waals surface area contributed by atoms with Crippen molar-refractivity contribution in [2.45, 2.75) is 33.4 Å². The van der Waals surface area contributed by atoms with Crippen molar-refractivity contribution in [3.63, 3.8) is 0 Å².